The lowest BCUT2D eigenvalue weighted by Crippen LogP contribution is -2.37. The van der Waals surface area contributed by atoms with Crippen molar-refractivity contribution < 1.29 is 4.79 Å². The van der Waals surface area contributed by atoms with E-state index in [-0.39, 0.29) is 11.9 Å². The van der Waals surface area contributed by atoms with Crippen LogP contribution in [0.5, 0.6) is 0 Å². The van der Waals surface area contributed by atoms with E-state index in [1.807, 2.05) is 18.2 Å². The monoisotopic (exact) mass is 407 g/mol. The molecule has 104 valence electrons. The summed E-state index contributed by atoms with van der Waals surface area (Å²) in [4.78, 5) is 12.2. The van der Waals surface area contributed by atoms with Gasteiger partial charge in [0.25, 0.3) is 5.91 Å². The van der Waals surface area contributed by atoms with Crippen LogP contribution in [0.25, 0.3) is 0 Å². The van der Waals surface area contributed by atoms with Crippen molar-refractivity contribution in [2.75, 3.05) is 5.88 Å². The van der Waals surface area contributed by atoms with Gasteiger partial charge in [0, 0.05) is 26.4 Å². The predicted molar refractivity (Wildman–Crippen MR) is 85.8 cm³/mol. The summed E-state index contributed by atoms with van der Waals surface area (Å²) in [7, 11) is 0. The number of amides is 1. The molecule has 0 radical (unpaired) electrons. The van der Waals surface area contributed by atoms with Gasteiger partial charge in [-0.15, -0.1) is 11.6 Å². The van der Waals surface area contributed by atoms with E-state index in [9.17, 15) is 4.79 Å². The second kappa shape index (κ2) is 7.09. The molecule has 1 N–H and O–H groups in total. The minimum atomic E-state index is -0.00340. The van der Waals surface area contributed by atoms with Gasteiger partial charge in [-0.2, -0.15) is 0 Å². The van der Waals surface area contributed by atoms with Gasteiger partial charge in [0.05, 0.1) is 0 Å². The van der Waals surface area contributed by atoms with Crippen molar-refractivity contribution in [2.24, 2.45) is 5.92 Å². The second-order valence-electron chi connectivity index (χ2n) is 5.00. The molecular weight excluding hydrogens is 393 g/mol. The summed E-state index contributed by atoms with van der Waals surface area (Å²) in [6.07, 6.45) is 4.27. The van der Waals surface area contributed by atoms with Crippen molar-refractivity contribution in [2.45, 2.75) is 31.7 Å². The van der Waals surface area contributed by atoms with Crippen LogP contribution in [0.15, 0.2) is 27.1 Å². The largest absolute Gasteiger partial charge is 0.349 e. The van der Waals surface area contributed by atoms with Gasteiger partial charge in [-0.05, 0) is 49.8 Å². The summed E-state index contributed by atoms with van der Waals surface area (Å²) in [5.74, 6) is 1.35. The number of halogens is 3. The Kier molecular flexibility index (Phi) is 5.72. The maximum absolute atomic E-state index is 12.2. The molecule has 0 aliphatic heterocycles. The summed E-state index contributed by atoms with van der Waals surface area (Å²) >= 11 is 12.7. The van der Waals surface area contributed by atoms with Crippen LogP contribution in [0, 0.1) is 5.92 Å². The fraction of sp³-hybridized carbons (Fsp3) is 0.500. The summed E-state index contributed by atoms with van der Waals surface area (Å²) in [5, 5.41) is 3.11. The fourth-order valence-electron chi connectivity index (χ4n) is 2.41. The number of carbonyl (C=O) groups excluding carboxylic acids is 1. The van der Waals surface area contributed by atoms with Gasteiger partial charge < -0.3 is 5.32 Å². The van der Waals surface area contributed by atoms with E-state index in [1.165, 1.54) is 0 Å². The molecule has 2 nitrogen and oxygen atoms in total. The van der Waals surface area contributed by atoms with Crippen molar-refractivity contribution in [3.8, 4) is 0 Å². The molecule has 0 atom stereocenters. The molecule has 0 aromatic heterocycles. The van der Waals surface area contributed by atoms with Gasteiger partial charge in [-0.1, -0.05) is 31.9 Å². The SMILES string of the molecule is O=C(NC1CCC(CCl)CC1)c1cc(Br)cc(Br)c1. The van der Waals surface area contributed by atoms with E-state index < -0.39 is 0 Å². The predicted octanol–water partition coefficient (Wildman–Crippen LogP) is 4.74. The lowest BCUT2D eigenvalue weighted by molar-refractivity contribution is 0.0923. The van der Waals surface area contributed by atoms with Gasteiger partial charge in [-0.25, -0.2) is 0 Å². The van der Waals surface area contributed by atoms with Gasteiger partial charge in [0.1, 0.15) is 0 Å². The standard InChI is InChI=1S/C14H16Br2ClNO/c15-11-5-10(6-12(16)7-11)14(19)18-13-3-1-9(8-17)2-4-13/h5-7,9,13H,1-4,8H2,(H,18,19). The zero-order valence-corrected chi connectivity index (χ0v) is 14.4. The number of benzene rings is 1. The Balaban J connectivity index is 1.94. The molecule has 1 fully saturated rings. The first kappa shape index (κ1) is 15.3. The minimum Gasteiger partial charge on any atom is -0.349 e. The van der Waals surface area contributed by atoms with Crippen LogP contribution in [-0.4, -0.2) is 17.8 Å². The number of carbonyl (C=O) groups is 1. The number of alkyl halides is 1. The quantitative estimate of drug-likeness (QED) is 0.718. The molecule has 2 rings (SSSR count). The zero-order valence-electron chi connectivity index (χ0n) is 10.5. The van der Waals surface area contributed by atoms with Gasteiger partial charge in [0.15, 0.2) is 0 Å². The Hall–Kier alpha value is -0.0600. The third-order valence-electron chi connectivity index (χ3n) is 3.52. The molecule has 1 aliphatic rings. The third-order valence-corrected chi connectivity index (χ3v) is 4.88. The van der Waals surface area contributed by atoms with Crippen LogP contribution in [-0.2, 0) is 0 Å². The van der Waals surface area contributed by atoms with Crippen molar-refractivity contribution in [1.29, 1.82) is 0 Å². The first-order chi connectivity index (χ1) is 9.08. The smallest absolute Gasteiger partial charge is 0.251 e. The molecule has 0 unspecified atom stereocenters. The van der Waals surface area contributed by atoms with E-state index in [1.54, 1.807) is 0 Å². The Morgan fingerprint density at radius 3 is 2.26 bits per heavy atom. The minimum absolute atomic E-state index is 0.00340. The average Bonchev–Trinajstić information content (AvgIpc) is 2.38. The van der Waals surface area contributed by atoms with Gasteiger partial charge in [0.2, 0.25) is 0 Å². The molecule has 0 heterocycles. The summed E-state index contributed by atoms with van der Waals surface area (Å²) in [6.45, 7) is 0. The number of rotatable bonds is 3. The van der Waals surface area contributed by atoms with E-state index in [4.69, 9.17) is 11.6 Å². The van der Waals surface area contributed by atoms with Crippen LogP contribution in [0.3, 0.4) is 0 Å². The topological polar surface area (TPSA) is 29.1 Å². The highest BCUT2D eigenvalue weighted by Crippen LogP contribution is 2.26. The van der Waals surface area contributed by atoms with Crippen molar-refractivity contribution in [3.63, 3.8) is 0 Å². The van der Waals surface area contributed by atoms with Gasteiger partial charge >= 0.3 is 0 Å². The Morgan fingerprint density at radius 1 is 1.16 bits per heavy atom. The van der Waals surface area contributed by atoms with Crippen LogP contribution >= 0.6 is 43.5 Å². The van der Waals surface area contributed by atoms with E-state index >= 15 is 0 Å². The number of hydrogen-bond acceptors (Lipinski definition) is 1. The van der Waals surface area contributed by atoms with Gasteiger partial charge in [-0.3, -0.25) is 4.79 Å². The van der Waals surface area contributed by atoms with Crippen LogP contribution in [0.2, 0.25) is 0 Å². The molecular formula is C14H16Br2ClNO. The first-order valence-electron chi connectivity index (χ1n) is 6.41. The lowest BCUT2D eigenvalue weighted by atomic mass is 9.87. The molecule has 1 aliphatic carbocycles. The maximum Gasteiger partial charge on any atom is 0.251 e. The third kappa shape index (κ3) is 4.47. The molecule has 0 bridgehead atoms. The number of nitrogens with one attached hydrogen (secondary N) is 1. The highest BCUT2D eigenvalue weighted by atomic mass is 79.9. The van der Waals surface area contributed by atoms with E-state index in [0.29, 0.717) is 11.5 Å². The lowest BCUT2D eigenvalue weighted by Gasteiger charge is -2.27. The molecule has 1 saturated carbocycles. The molecule has 1 aromatic carbocycles. The Morgan fingerprint density at radius 2 is 1.74 bits per heavy atom. The second-order valence-corrected chi connectivity index (χ2v) is 7.14. The van der Waals surface area contributed by atoms with Crippen molar-refractivity contribution >= 4 is 49.4 Å². The molecule has 5 heteroatoms. The normalized spacial score (nSPS) is 23.1. The molecule has 1 aromatic rings. The summed E-state index contributed by atoms with van der Waals surface area (Å²) in [6, 6.07) is 5.88. The summed E-state index contributed by atoms with van der Waals surface area (Å²) < 4.78 is 1.80. The average molecular weight is 410 g/mol. The molecule has 19 heavy (non-hydrogen) atoms. The van der Waals surface area contributed by atoms with Crippen molar-refractivity contribution in [1.82, 2.24) is 5.32 Å². The highest BCUT2D eigenvalue weighted by Gasteiger charge is 2.22. The fourth-order valence-corrected chi connectivity index (χ4v) is 4.02. The van der Waals surface area contributed by atoms with Crippen molar-refractivity contribution in [3.05, 3.63) is 32.7 Å². The van der Waals surface area contributed by atoms with E-state index in [0.717, 1.165) is 40.5 Å². The molecule has 0 saturated heterocycles. The first-order valence-corrected chi connectivity index (χ1v) is 8.53. The highest BCUT2D eigenvalue weighted by molar-refractivity contribution is 9.11. The summed E-state index contributed by atoms with van der Waals surface area (Å²) in [5.41, 5.74) is 0.681. The molecule has 0 spiro atoms. The zero-order chi connectivity index (χ0) is 13.8. The van der Waals surface area contributed by atoms with Crippen LogP contribution in [0.1, 0.15) is 36.0 Å². The molecule has 1 amide bonds. The number of hydrogen-bond donors (Lipinski definition) is 1. The van der Waals surface area contributed by atoms with Crippen LogP contribution < -0.4 is 5.32 Å². The Labute approximate surface area is 135 Å². The van der Waals surface area contributed by atoms with Crippen LogP contribution in [0.4, 0.5) is 0 Å². The van der Waals surface area contributed by atoms with E-state index in [2.05, 4.69) is 37.2 Å². The maximum atomic E-state index is 12.2. The Bertz CT molecular complexity index is 439.